The molecule has 0 aromatic rings. The number of nitrogens with one attached hydrogen (secondary N) is 1. The van der Waals surface area contributed by atoms with E-state index in [2.05, 4.69) is 17.9 Å². The maximum Gasteiger partial charge on any atom is 0.229 e. The van der Waals surface area contributed by atoms with Crippen LogP contribution in [-0.4, -0.2) is 29.9 Å². The minimum absolute atomic E-state index is 0.0805. The third-order valence-corrected chi connectivity index (χ3v) is 2.93. The molecule has 0 aliphatic carbocycles. The van der Waals surface area contributed by atoms with Crippen molar-refractivity contribution in [2.24, 2.45) is 5.41 Å². The van der Waals surface area contributed by atoms with Gasteiger partial charge in [-0.1, -0.05) is 13.8 Å². The van der Waals surface area contributed by atoms with Crippen molar-refractivity contribution in [2.75, 3.05) is 18.9 Å². The van der Waals surface area contributed by atoms with Crippen LogP contribution in [0.25, 0.3) is 0 Å². The molecular formula is C9H19NO2S. The highest BCUT2D eigenvalue weighted by molar-refractivity contribution is 7.81. The molecule has 4 heteroatoms. The van der Waals surface area contributed by atoms with E-state index in [1.54, 1.807) is 0 Å². The molecular weight excluding hydrogens is 186 g/mol. The molecule has 0 heterocycles. The van der Waals surface area contributed by atoms with E-state index in [4.69, 9.17) is 0 Å². The molecule has 1 amide bonds. The van der Waals surface area contributed by atoms with Crippen molar-refractivity contribution in [1.29, 1.82) is 0 Å². The highest BCUT2D eigenvalue weighted by Crippen LogP contribution is 2.24. The van der Waals surface area contributed by atoms with E-state index in [0.29, 0.717) is 6.54 Å². The molecule has 0 saturated carbocycles. The van der Waals surface area contributed by atoms with E-state index in [1.165, 1.54) is 0 Å². The number of carbonyl (C=O) groups is 1. The molecule has 3 nitrogen and oxygen atoms in total. The Kier molecular flexibility index (Phi) is 6.16. The summed E-state index contributed by atoms with van der Waals surface area (Å²) in [5.74, 6) is 0.123. The third-order valence-electron chi connectivity index (χ3n) is 2.64. The van der Waals surface area contributed by atoms with Crippen molar-refractivity contribution >= 4 is 18.5 Å². The quantitative estimate of drug-likeness (QED) is 0.563. The van der Waals surface area contributed by atoms with Gasteiger partial charge < -0.3 is 10.4 Å². The van der Waals surface area contributed by atoms with Crippen molar-refractivity contribution in [3.63, 3.8) is 0 Å². The second kappa shape index (κ2) is 6.27. The highest BCUT2D eigenvalue weighted by Gasteiger charge is 2.25. The van der Waals surface area contributed by atoms with E-state index in [9.17, 15) is 9.90 Å². The number of aliphatic hydroxyl groups is 1. The summed E-state index contributed by atoms with van der Waals surface area (Å²) in [6.45, 7) is 4.70. The Morgan fingerprint density at radius 2 is 2.00 bits per heavy atom. The second-order valence-electron chi connectivity index (χ2n) is 3.30. The Balaban J connectivity index is 4.02. The van der Waals surface area contributed by atoms with E-state index in [0.717, 1.165) is 12.8 Å². The van der Waals surface area contributed by atoms with Crippen LogP contribution in [0.4, 0.5) is 0 Å². The molecule has 0 aromatic carbocycles. The zero-order valence-electron chi connectivity index (χ0n) is 8.34. The van der Waals surface area contributed by atoms with Crippen molar-refractivity contribution in [3.8, 4) is 0 Å². The van der Waals surface area contributed by atoms with Gasteiger partial charge in [-0.3, -0.25) is 4.79 Å². The van der Waals surface area contributed by atoms with Crippen LogP contribution in [0.15, 0.2) is 0 Å². The Morgan fingerprint density at radius 1 is 1.46 bits per heavy atom. The van der Waals surface area contributed by atoms with Crippen LogP contribution in [0.1, 0.15) is 26.7 Å². The fourth-order valence-electron chi connectivity index (χ4n) is 1.12. The summed E-state index contributed by atoms with van der Waals surface area (Å²) in [4.78, 5) is 10.9. The zero-order chi connectivity index (χ0) is 10.3. The van der Waals surface area contributed by atoms with Crippen LogP contribution in [-0.2, 0) is 4.79 Å². The average molecular weight is 205 g/mol. The fourth-order valence-corrected chi connectivity index (χ4v) is 1.23. The molecule has 0 atom stereocenters. The Morgan fingerprint density at radius 3 is 2.31 bits per heavy atom. The topological polar surface area (TPSA) is 49.3 Å². The predicted octanol–water partition coefficient (Wildman–Crippen LogP) is 0.831. The van der Waals surface area contributed by atoms with E-state index in [-0.39, 0.29) is 23.7 Å². The maximum atomic E-state index is 10.9. The lowest BCUT2D eigenvalue weighted by Crippen LogP contribution is -2.39. The summed E-state index contributed by atoms with van der Waals surface area (Å²) < 4.78 is 0. The molecule has 0 rings (SSSR count). The molecule has 0 aliphatic heterocycles. The zero-order valence-corrected chi connectivity index (χ0v) is 9.23. The van der Waals surface area contributed by atoms with Crippen LogP contribution in [0.5, 0.6) is 0 Å². The van der Waals surface area contributed by atoms with Gasteiger partial charge >= 0.3 is 0 Å². The number of thiol groups is 1. The van der Waals surface area contributed by atoms with Crippen molar-refractivity contribution in [2.45, 2.75) is 26.7 Å². The van der Waals surface area contributed by atoms with Crippen LogP contribution >= 0.6 is 12.6 Å². The highest BCUT2D eigenvalue weighted by atomic mass is 32.1. The summed E-state index contributed by atoms with van der Waals surface area (Å²) in [6, 6.07) is 0. The summed E-state index contributed by atoms with van der Waals surface area (Å²) in [7, 11) is 0. The van der Waals surface area contributed by atoms with Crippen LogP contribution in [0.2, 0.25) is 0 Å². The lowest BCUT2D eigenvalue weighted by molar-refractivity contribution is -0.119. The van der Waals surface area contributed by atoms with Crippen molar-refractivity contribution in [3.05, 3.63) is 0 Å². The number of rotatable bonds is 6. The van der Waals surface area contributed by atoms with Crippen LogP contribution < -0.4 is 5.32 Å². The molecule has 0 saturated heterocycles. The van der Waals surface area contributed by atoms with Gasteiger partial charge in [0.1, 0.15) is 0 Å². The molecule has 0 bridgehead atoms. The first-order valence-electron chi connectivity index (χ1n) is 4.62. The molecule has 0 aliphatic rings. The van der Waals surface area contributed by atoms with Crippen LogP contribution in [0.3, 0.4) is 0 Å². The van der Waals surface area contributed by atoms with E-state index < -0.39 is 0 Å². The standard InChI is InChI=1S/C9H19NO2S/c1-3-9(4-2,7-11)6-10-8(12)5-13/h11,13H,3-7H2,1-2H3,(H,10,12). The first kappa shape index (κ1) is 12.8. The smallest absolute Gasteiger partial charge is 0.229 e. The monoisotopic (exact) mass is 205 g/mol. The Bertz CT molecular complexity index is 149. The van der Waals surface area contributed by atoms with Gasteiger partial charge in [0.05, 0.1) is 12.4 Å². The SMILES string of the molecule is CCC(CC)(CO)CNC(=O)CS. The van der Waals surface area contributed by atoms with E-state index in [1.807, 2.05) is 13.8 Å². The Hall–Kier alpha value is -0.220. The number of carbonyl (C=O) groups excluding carboxylic acids is 1. The molecule has 0 unspecified atom stereocenters. The minimum Gasteiger partial charge on any atom is -0.396 e. The van der Waals surface area contributed by atoms with Crippen molar-refractivity contribution < 1.29 is 9.90 Å². The van der Waals surface area contributed by atoms with Gasteiger partial charge in [0.25, 0.3) is 0 Å². The second-order valence-corrected chi connectivity index (χ2v) is 3.62. The average Bonchev–Trinajstić information content (AvgIpc) is 2.20. The first-order valence-corrected chi connectivity index (χ1v) is 5.25. The van der Waals surface area contributed by atoms with Gasteiger partial charge in [0.15, 0.2) is 0 Å². The number of hydrogen-bond acceptors (Lipinski definition) is 3. The van der Waals surface area contributed by atoms with Gasteiger partial charge in [-0.2, -0.15) is 12.6 Å². The minimum atomic E-state index is -0.154. The summed E-state index contributed by atoms with van der Waals surface area (Å²) >= 11 is 3.86. The number of hydrogen-bond donors (Lipinski definition) is 3. The molecule has 0 aromatic heterocycles. The van der Waals surface area contributed by atoms with Crippen molar-refractivity contribution in [1.82, 2.24) is 5.32 Å². The maximum absolute atomic E-state index is 10.9. The van der Waals surface area contributed by atoms with E-state index >= 15 is 0 Å². The summed E-state index contributed by atoms with van der Waals surface area (Å²) in [6.07, 6.45) is 1.74. The third kappa shape index (κ3) is 4.00. The largest absolute Gasteiger partial charge is 0.396 e. The van der Waals surface area contributed by atoms with Gasteiger partial charge in [0.2, 0.25) is 5.91 Å². The lowest BCUT2D eigenvalue weighted by atomic mass is 9.83. The van der Waals surface area contributed by atoms with Gasteiger partial charge in [-0.05, 0) is 12.8 Å². The first-order chi connectivity index (χ1) is 6.14. The number of aliphatic hydroxyl groups excluding tert-OH is 1. The molecule has 13 heavy (non-hydrogen) atoms. The fraction of sp³-hybridized carbons (Fsp3) is 0.889. The molecule has 0 fully saturated rings. The Labute approximate surface area is 85.3 Å². The van der Waals surface area contributed by atoms with Gasteiger partial charge in [-0.15, -0.1) is 0 Å². The molecule has 2 N–H and O–H groups in total. The normalized spacial score (nSPS) is 11.4. The van der Waals surface area contributed by atoms with Gasteiger partial charge in [0, 0.05) is 12.0 Å². The molecule has 0 radical (unpaired) electrons. The molecule has 78 valence electrons. The lowest BCUT2D eigenvalue weighted by Gasteiger charge is -2.29. The summed E-state index contributed by atoms with van der Waals surface area (Å²) in [5, 5.41) is 11.9. The summed E-state index contributed by atoms with van der Waals surface area (Å²) in [5.41, 5.74) is -0.154. The van der Waals surface area contributed by atoms with Crippen LogP contribution in [0, 0.1) is 5.41 Å². The van der Waals surface area contributed by atoms with Gasteiger partial charge in [-0.25, -0.2) is 0 Å². The number of amides is 1. The predicted molar refractivity (Wildman–Crippen MR) is 57.0 cm³/mol. The molecule has 0 spiro atoms.